The first-order chi connectivity index (χ1) is 17.6. The largest absolute Gasteiger partial charge is 0.493 e. The highest BCUT2D eigenvalue weighted by molar-refractivity contribution is 7.07. The van der Waals surface area contributed by atoms with Gasteiger partial charge >= 0.3 is 0 Å². The minimum Gasteiger partial charge on any atom is -0.493 e. The summed E-state index contributed by atoms with van der Waals surface area (Å²) in [6.07, 6.45) is 2.37. The number of nitriles is 1. The van der Waals surface area contributed by atoms with Crippen LogP contribution in [0.2, 0.25) is 0 Å². The molecule has 7 heteroatoms. The number of rotatable bonds is 8. The highest BCUT2D eigenvalue weighted by Crippen LogP contribution is 2.18. The lowest BCUT2D eigenvalue weighted by Gasteiger charge is -2.06. The molecule has 0 spiro atoms. The van der Waals surface area contributed by atoms with Gasteiger partial charge in [-0.15, -0.1) is 11.3 Å². The van der Waals surface area contributed by atoms with Crippen LogP contribution in [0, 0.1) is 11.3 Å². The molecule has 0 bridgehead atoms. The van der Waals surface area contributed by atoms with Crippen molar-refractivity contribution in [2.75, 3.05) is 13.2 Å². The van der Waals surface area contributed by atoms with Gasteiger partial charge in [-0.1, -0.05) is 66.7 Å². The molecule has 36 heavy (non-hydrogen) atoms. The van der Waals surface area contributed by atoms with Crippen molar-refractivity contribution in [2.45, 2.75) is 13.3 Å². The average Bonchev–Trinajstić information content (AvgIpc) is 3.22. The predicted molar refractivity (Wildman–Crippen MR) is 143 cm³/mol. The summed E-state index contributed by atoms with van der Waals surface area (Å²) in [5.74, 6) is 0.143. The van der Waals surface area contributed by atoms with Crippen LogP contribution in [0.3, 0.4) is 0 Å². The van der Waals surface area contributed by atoms with Gasteiger partial charge in [0.2, 0.25) is 0 Å². The number of carbonyl (C=O) groups excluding carboxylic acids is 1. The number of nitrogens with zero attached hydrogens (tertiary/aromatic N) is 2. The molecule has 4 aromatic rings. The number of amides is 1. The summed E-state index contributed by atoms with van der Waals surface area (Å²) in [5.41, 5.74) is 1.99. The zero-order valence-corrected chi connectivity index (χ0v) is 20.6. The van der Waals surface area contributed by atoms with Crippen LogP contribution in [0.25, 0.3) is 17.3 Å². The highest BCUT2D eigenvalue weighted by atomic mass is 32.1. The molecule has 1 N–H and O–H groups in total. The van der Waals surface area contributed by atoms with Crippen molar-refractivity contribution in [3.8, 4) is 17.5 Å². The van der Waals surface area contributed by atoms with Crippen LogP contribution in [0.4, 0.5) is 0 Å². The van der Waals surface area contributed by atoms with E-state index in [1.165, 1.54) is 4.57 Å². The molecule has 180 valence electrons. The van der Waals surface area contributed by atoms with Gasteiger partial charge in [0.15, 0.2) is 5.57 Å². The third-order valence-corrected chi connectivity index (χ3v) is 6.53. The first-order valence-electron chi connectivity index (χ1n) is 11.6. The van der Waals surface area contributed by atoms with E-state index in [4.69, 9.17) is 4.74 Å². The van der Waals surface area contributed by atoms with E-state index >= 15 is 0 Å². The van der Waals surface area contributed by atoms with Crippen LogP contribution in [0.1, 0.15) is 18.1 Å². The number of ether oxygens (including phenoxy) is 1. The second-order valence-corrected chi connectivity index (χ2v) is 8.87. The van der Waals surface area contributed by atoms with E-state index in [2.05, 4.69) is 5.32 Å². The van der Waals surface area contributed by atoms with Gasteiger partial charge in [0.25, 0.3) is 11.5 Å². The fraction of sp³-hybridized carbons (Fsp3) is 0.138. The molecule has 4 rings (SSSR count). The van der Waals surface area contributed by atoms with Gasteiger partial charge in [0.05, 0.1) is 16.8 Å². The van der Waals surface area contributed by atoms with Crippen molar-refractivity contribution >= 4 is 28.9 Å². The lowest BCUT2D eigenvalue weighted by atomic mass is 10.1. The van der Waals surface area contributed by atoms with Gasteiger partial charge in [-0.3, -0.25) is 14.2 Å². The van der Waals surface area contributed by atoms with Crippen LogP contribution in [-0.2, 0) is 11.2 Å². The Balaban J connectivity index is 1.82. The SMILES string of the molecule is CCOc1ccccc1/C=c1/s/c(=C(\C#N)C(=O)NCCc2ccccc2)n(-c2ccccc2)c1=O. The summed E-state index contributed by atoms with van der Waals surface area (Å²) < 4.78 is 7.80. The molecular weight excluding hydrogens is 470 g/mol. The lowest BCUT2D eigenvalue weighted by Crippen LogP contribution is -2.34. The molecule has 1 heterocycles. The zero-order valence-electron chi connectivity index (χ0n) is 19.8. The van der Waals surface area contributed by atoms with Gasteiger partial charge in [-0.25, -0.2) is 0 Å². The second kappa shape index (κ2) is 11.8. The van der Waals surface area contributed by atoms with Gasteiger partial charge in [0.1, 0.15) is 16.5 Å². The summed E-state index contributed by atoms with van der Waals surface area (Å²) in [6, 6.07) is 28.3. The predicted octanol–water partition coefficient (Wildman–Crippen LogP) is 3.16. The summed E-state index contributed by atoms with van der Waals surface area (Å²) in [7, 11) is 0. The fourth-order valence-corrected chi connectivity index (χ4v) is 4.83. The summed E-state index contributed by atoms with van der Waals surface area (Å²) in [4.78, 5) is 26.6. The zero-order chi connectivity index (χ0) is 25.3. The summed E-state index contributed by atoms with van der Waals surface area (Å²) in [5, 5.41) is 12.8. The molecule has 0 atom stereocenters. The smallest absolute Gasteiger partial charge is 0.273 e. The number of aromatic nitrogens is 1. The Morgan fingerprint density at radius 1 is 1.03 bits per heavy atom. The summed E-state index contributed by atoms with van der Waals surface area (Å²) in [6.45, 7) is 2.76. The molecule has 0 radical (unpaired) electrons. The maximum atomic E-state index is 13.6. The van der Waals surface area contributed by atoms with Gasteiger partial charge < -0.3 is 10.1 Å². The van der Waals surface area contributed by atoms with E-state index in [-0.39, 0.29) is 15.8 Å². The number of para-hydroxylation sites is 2. The topological polar surface area (TPSA) is 84.1 Å². The Hall–Kier alpha value is -4.41. The maximum absolute atomic E-state index is 13.6. The Morgan fingerprint density at radius 2 is 1.69 bits per heavy atom. The van der Waals surface area contributed by atoms with E-state index in [9.17, 15) is 14.9 Å². The molecule has 1 amide bonds. The minimum atomic E-state index is -0.513. The first-order valence-corrected chi connectivity index (χ1v) is 12.4. The number of nitrogens with one attached hydrogen (secondary N) is 1. The normalized spacial score (nSPS) is 12.1. The molecule has 3 aromatic carbocycles. The lowest BCUT2D eigenvalue weighted by molar-refractivity contribution is -0.115. The molecule has 0 unspecified atom stereocenters. The van der Waals surface area contributed by atoms with Crippen molar-refractivity contribution in [3.05, 3.63) is 116 Å². The number of hydrogen-bond acceptors (Lipinski definition) is 5. The Morgan fingerprint density at radius 3 is 2.39 bits per heavy atom. The standard InChI is InChI=1S/C29H25N3O3S/c1-2-35-25-16-10-9-13-22(25)19-26-28(34)32(23-14-7-4-8-15-23)29(36-26)24(20-30)27(33)31-18-17-21-11-5-3-6-12-21/h3-16,19H,2,17-18H2,1H3,(H,31,33)/b26-19+,29-24+. The molecule has 6 nitrogen and oxygen atoms in total. The fourth-order valence-electron chi connectivity index (χ4n) is 3.74. The van der Waals surface area contributed by atoms with E-state index in [1.807, 2.05) is 85.8 Å². The monoisotopic (exact) mass is 495 g/mol. The van der Waals surface area contributed by atoms with Crippen molar-refractivity contribution in [2.24, 2.45) is 0 Å². The van der Waals surface area contributed by atoms with Gasteiger partial charge in [-0.05, 0) is 43.2 Å². The molecule has 0 aliphatic heterocycles. The molecule has 0 aliphatic rings. The molecule has 0 saturated heterocycles. The molecular formula is C29H25N3O3S. The van der Waals surface area contributed by atoms with E-state index < -0.39 is 5.91 Å². The van der Waals surface area contributed by atoms with Crippen LogP contribution >= 0.6 is 11.3 Å². The van der Waals surface area contributed by atoms with Gasteiger partial charge in [0, 0.05) is 12.1 Å². The third-order valence-electron chi connectivity index (χ3n) is 5.44. The molecule has 0 aliphatic carbocycles. The number of carbonyl (C=O) groups is 1. The average molecular weight is 496 g/mol. The Kier molecular flexibility index (Phi) is 8.12. The van der Waals surface area contributed by atoms with Crippen LogP contribution in [0.5, 0.6) is 5.75 Å². The molecule has 0 fully saturated rings. The van der Waals surface area contributed by atoms with Crippen molar-refractivity contribution in [1.29, 1.82) is 5.26 Å². The van der Waals surface area contributed by atoms with Crippen molar-refractivity contribution < 1.29 is 9.53 Å². The molecule has 0 saturated carbocycles. The number of hydrogen-bond donors (Lipinski definition) is 1. The van der Waals surface area contributed by atoms with Gasteiger partial charge in [-0.2, -0.15) is 5.26 Å². The number of benzene rings is 3. The van der Waals surface area contributed by atoms with Crippen LogP contribution in [-0.4, -0.2) is 23.6 Å². The number of thiazole rings is 1. The second-order valence-electron chi connectivity index (χ2n) is 7.84. The minimum absolute atomic E-state index is 0.105. The van der Waals surface area contributed by atoms with E-state index in [1.54, 1.807) is 18.2 Å². The maximum Gasteiger partial charge on any atom is 0.273 e. The van der Waals surface area contributed by atoms with E-state index in [0.717, 1.165) is 22.5 Å². The first kappa shape index (κ1) is 24.7. The molecule has 1 aromatic heterocycles. The summed E-state index contributed by atoms with van der Waals surface area (Å²) >= 11 is 1.11. The van der Waals surface area contributed by atoms with E-state index in [0.29, 0.717) is 35.5 Å². The Bertz CT molecular complexity index is 1570. The quantitative estimate of drug-likeness (QED) is 0.407. The van der Waals surface area contributed by atoms with Crippen molar-refractivity contribution in [3.63, 3.8) is 0 Å². The Labute approximate surface area is 213 Å². The van der Waals surface area contributed by atoms with Crippen LogP contribution in [0.15, 0.2) is 89.7 Å². The van der Waals surface area contributed by atoms with Crippen molar-refractivity contribution in [1.82, 2.24) is 9.88 Å². The highest BCUT2D eigenvalue weighted by Gasteiger charge is 2.17. The third kappa shape index (κ3) is 5.62. The van der Waals surface area contributed by atoms with Crippen LogP contribution < -0.4 is 24.8 Å².